The van der Waals surface area contributed by atoms with E-state index in [1.165, 1.54) is 11.0 Å². The minimum absolute atomic E-state index is 0.194. The number of nitrogens with zero attached hydrogens (tertiary/aromatic N) is 4. The highest BCUT2D eigenvalue weighted by Crippen LogP contribution is 2.18. The lowest BCUT2D eigenvalue weighted by molar-refractivity contribution is 0.0953. The first-order chi connectivity index (χ1) is 14.3. The molecule has 2 heterocycles. The highest BCUT2D eigenvalue weighted by atomic mass is 16.5. The zero-order valence-corrected chi connectivity index (χ0v) is 15.4. The summed E-state index contributed by atoms with van der Waals surface area (Å²) in [5.41, 5.74) is 1.89. The molecule has 0 spiro atoms. The van der Waals surface area contributed by atoms with E-state index in [0.717, 1.165) is 16.6 Å². The Morgan fingerprint density at radius 3 is 2.86 bits per heavy atom. The predicted molar refractivity (Wildman–Crippen MR) is 109 cm³/mol. The molecule has 29 heavy (non-hydrogen) atoms. The van der Waals surface area contributed by atoms with Crippen LogP contribution in [0, 0.1) is 11.8 Å². The van der Waals surface area contributed by atoms with E-state index in [1.807, 2.05) is 60.7 Å². The Bertz CT molecular complexity index is 1190. The van der Waals surface area contributed by atoms with Gasteiger partial charge in [-0.05, 0) is 30.3 Å². The van der Waals surface area contributed by atoms with Gasteiger partial charge >= 0.3 is 0 Å². The van der Waals surface area contributed by atoms with E-state index < -0.39 is 0 Å². The number of rotatable bonds is 5. The predicted octanol–water partition coefficient (Wildman–Crippen LogP) is 2.63. The molecule has 0 radical (unpaired) electrons. The van der Waals surface area contributed by atoms with E-state index in [4.69, 9.17) is 4.74 Å². The van der Waals surface area contributed by atoms with Crippen molar-refractivity contribution >= 4 is 16.8 Å². The lowest BCUT2D eigenvalue weighted by Crippen LogP contribution is -2.24. The molecule has 2 aromatic carbocycles. The number of ether oxygens (including phenoxy) is 1. The summed E-state index contributed by atoms with van der Waals surface area (Å²) in [6, 6.07) is 19.0. The highest BCUT2D eigenvalue weighted by Gasteiger charge is 2.10. The number of hydrogen-bond donors (Lipinski definition) is 1. The summed E-state index contributed by atoms with van der Waals surface area (Å²) in [7, 11) is 0. The van der Waals surface area contributed by atoms with Crippen LogP contribution in [0.25, 0.3) is 16.6 Å². The van der Waals surface area contributed by atoms with Gasteiger partial charge in [-0.1, -0.05) is 36.1 Å². The molecule has 0 aliphatic heterocycles. The zero-order valence-electron chi connectivity index (χ0n) is 15.4. The van der Waals surface area contributed by atoms with Gasteiger partial charge in [0.05, 0.1) is 23.9 Å². The van der Waals surface area contributed by atoms with Crippen molar-refractivity contribution in [2.24, 2.45) is 0 Å². The number of aromatic nitrogens is 4. The van der Waals surface area contributed by atoms with E-state index in [1.54, 1.807) is 6.20 Å². The third kappa shape index (κ3) is 4.57. The molecule has 7 heteroatoms. The molecule has 0 saturated heterocycles. The Morgan fingerprint density at radius 2 is 1.97 bits per heavy atom. The summed E-state index contributed by atoms with van der Waals surface area (Å²) in [6.45, 7) is 0.415. The molecule has 4 rings (SSSR count). The lowest BCUT2D eigenvalue weighted by Gasteiger charge is -2.03. The van der Waals surface area contributed by atoms with E-state index in [2.05, 4.69) is 32.3 Å². The molecule has 1 N–H and O–H groups in total. The minimum atomic E-state index is -0.331. The Morgan fingerprint density at radius 1 is 1.07 bits per heavy atom. The van der Waals surface area contributed by atoms with E-state index >= 15 is 0 Å². The molecule has 4 aromatic rings. The van der Waals surface area contributed by atoms with Crippen LogP contribution in [0.2, 0.25) is 0 Å². The molecule has 0 aliphatic rings. The van der Waals surface area contributed by atoms with Crippen LogP contribution in [0.1, 0.15) is 10.5 Å². The summed E-state index contributed by atoms with van der Waals surface area (Å²) in [5, 5.41) is 12.0. The van der Waals surface area contributed by atoms with Gasteiger partial charge in [-0.15, -0.1) is 5.10 Å². The largest absolute Gasteiger partial charge is 0.481 e. The van der Waals surface area contributed by atoms with E-state index in [-0.39, 0.29) is 24.8 Å². The number of para-hydroxylation sites is 1. The second kappa shape index (κ2) is 8.67. The van der Waals surface area contributed by atoms with Crippen LogP contribution in [0.15, 0.2) is 73.1 Å². The minimum Gasteiger partial charge on any atom is -0.481 e. The number of amides is 1. The van der Waals surface area contributed by atoms with E-state index in [0.29, 0.717) is 5.75 Å². The van der Waals surface area contributed by atoms with Gasteiger partial charge in [-0.2, -0.15) is 9.90 Å². The maximum atomic E-state index is 12.1. The van der Waals surface area contributed by atoms with Crippen molar-refractivity contribution in [2.75, 3.05) is 13.2 Å². The van der Waals surface area contributed by atoms with Gasteiger partial charge in [-0.25, -0.2) is 0 Å². The van der Waals surface area contributed by atoms with Crippen molar-refractivity contribution in [3.05, 3.63) is 78.8 Å². The van der Waals surface area contributed by atoms with Gasteiger partial charge < -0.3 is 10.1 Å². The summed E-state index contributed by atoms with van der Waals surface area (Å²) < 4.78 is 5.61. The number of benzene rings is 2. The van der Waals surface area contributed by atoms with Crippen molar-refractivity contribution in [3.63, 3.8) is 0 Å². The fourth-order valence-electron chi connectivity index (χ4n) is 2.64. The van der Waals surface area contributed by atoms with Crippen molar-refractivity contribution in [2.45, 2.75) is 0 Å². The maximum Gasteiger partial charge on any atom is 0.274 e. The Hall–Kier alpha value is -4.18. The zero-order chi connectivity index (χ0) is 19.9. The molecule has 0 aliphatic carbocycles. The average Bonchev–Trinajstić information content (AvgIpc) is 3.27. The molecule has 0 saturated carbocycles. The standard InChI is InChI=1S/C22H17N5O2/c28-22(21-16-25-27(26-21)18-8-2-1-3-9-18)24-12-4-5-14-29-19-11-10-17-7-6-13-23-20(17)15-19/h1-3,6-11,13,15-16H,12,14H2,(H,24,28). The first-order valence-corrected chi connectivity index (χ1v) is 8.99. The van der Waals surface area contributed by atoms with Crippen LogP contribution in [0.5, 0.6) is 5.75 Å². The maximum absolute atomic E-state index is 12.1. The first kappa shape index (κ1) is 18.2. The molecule has 0 fully saturated rings. The molecule has 0 atom stereocenters. The van der Waals surface area contributed by atoms with Crippen molar-refractivity contribution in [3.8, 4) is 23.3 Å². The fourth-order valence-corrected chi connectivity index (χ4v) is 2.64. The van der Waals surface area contributed by atoms with Crippen molar-refractivity contribution in [1.82, 2.24) is 25.3 Å². The first-order valence-electron chi connectivity index (χ1n) is 8.99. The number of carbonyl (C=O) groups is 1. The molecule has 0 bridgehead atoms. The molecule has 0 unspecified atom stereocenters. The van der Waals surface area contributed by atoms with Gasteiger partial charge in [0.15, 0.2) is 5.69 Å². The molecule has 1 amide bonds. The summed E-state index contributed by atoms with van der Waals surface area (Å²) in [6.07, 6.45) is 3.17. The van der Waals surface area contributed by atoms with E-state index in [9.17, 15) is 4.79 Å². The van der Waals surface area contributed by atoms with Crippen molar-refractivity contribution < 1.29 is 9.53 Å². The topological polar surface area (TPSA) is 81.9 Å². The molecule has 2 aromatic heterocycles. The SMILES string of the molecule is O=C(NCC#CCOc1ccc2cccnc2c1)c1cnn(-c2ccccc2)n1. The van der Waals surface area contributed by atoms with Crippen LogP contribution in [0.3, 0.4) is 0 Å². The smallest absolute Gasteiger partial charge is 0.274 e. The Kier molecular flexibility index (Phi) is 5.44. The highest BCUT2D eigenvalue weighted by molar-refractivity contribution is 5.92. The summed E-state index contributed by atoms with van der Waals surface area (Å²) >= 11 is 0. The van der Waals surface area contributed by atoms with Crippen LogP contribution < -0.4 is 10.1 Å². The van der Waals surface area contributed by atoms with Crippen LogP contribution >= 0.6 is 0 Å². The fraction of sp³-hybridized carbons (Fsp3) is 0.0909. The summed E-state index contributed by atoms with van der Waals surface area (Å²) in [5.74, 6) is 6.10. The Balaban J connectivity index is 1.25. The van der Waals surface area contributed by atoms with Crippen molar-refractivity contribution in [1.29, 1.82) is 0 Å². The third-order valence-electron chi connectivity index (χ3n) is 4.06. The van der Waals surface area contributed by atoms with Gasteiger partial charge in [0.2, 0.25) is 0 Å². The average molecular weight is 383 g/mol. The number of carbonyl (C=O) groups excluding carboxylic acids is 1. The molecule has 7 nitrogen and oxygen atoms in total. The number of hydrogen-bond acceptors (Lipinski definition) is 5. The van der Waals surface area contributed by atoms with Crippen LogP contribution in [-0.4, -0.2) is 39.0 Å². The molecular weight excluding hydrogens is 366 g/mol. The van der Waals surface area contributed by atoms with Gasteiger partial charge in [-0.3, -0.25) is 9.78 Å². The van der Waals surface area contributed by atoms with Gasteiger partial charge in [0.25, 0.3) is 5.91 Å². The second-order valence-electron chi connectivity index (χ2n) is 6.04. The molecular formula is C22H17N5O2. The number of fused-ring (bicyclic) bond motifs is 1. The third-order valence-corrected chi connectivity index (χ3v) is 4.06. The Labute approximate surface area is 167 Å². The van der Waals surface area contributed by atoms with Crippen LogP contribution in [-0.2, 0) is 0 Å². The molecule has 142 valence electrons. The second-order valence-corrected chi connectivity index (χ2v) is 6.04. The summed E-state index contributed by atoms with van der Waals surface area (Å²) in [4.78, 5) is 17.8. The number of pyridine rings is 1. The normalized spacial score (nSPS) is 10.2. The van der Waals surface area contributed by atoms with Gasteiger partial charge in [0.1, 0.15) is 12.4 Å². The number of nitrogens with one attached hydrogen (secondary N) is 1. The lowest BCUT2D eigenvalue weighted by atomic mass is 10.2. The quantitative estimate of drug-likeness (QED) is 0.536. The monoisotopic (exact) mass is 383 g/mol. The van der Waals surface area contributed by atoms with Gasteiger partial charge in [0, 0.05) is 17.6 Å². The van der Waals surface area contributed by atoms with Crippen LogP contribution in [0.4, 0.5) is 0 Å².